The van der Waals surface area contributed by atoms with Gasteiger partial charge in [-0.05, 0) is 55.5 Å². The van der Waals surface area contributed by atoms with Crippen LogP contribution in [0.4, 0.5) is 0 Å². The lowest BCUT2D eigenvalue weighted by atomic mass is 9.97. The molecular formula is C21H26N2O3S2. The Morgan fingerprint density at radius 2 is 1.93 bits per heavy atom. The van der Waals surface area contributed by atoms with E-state index >= 15 is 0 Å². The van der Waals surface area contributed by atoms with E-state index in [-0.39, 0.29) is 10.1 Å². The number of rotatable bonds is 9. The molecule has 0 radical (unpaired) electrons. The predicted octanol–water partition coefficient (Wildman–Crippen LogP) is 3.64. The maximum absolute atomic E-state index is 12.8. The topological polar surface area (TPSA) is 75.3 Å². The molecule has 1 aliphatic rings. The van der Waals surface area contributed by atoms with Crippen LogP contribution in [0.15, 0.2) is 63.7 Å². The van der Waals surface area contributed by atoms with E-state index in [0.717, 1.165) is 36.2 Å². The normalized spacial score (nSPS) is 15.6. The molecule has 150 valence electrons. The zero-order valence-electron chi connectivity index (χ0n) is 15.8. The summed E-state index contributed by atoms with van der Waals surface area (Å²) in [5.41, 5.74) is 2.29. The van der Waals surface area contributed by atoms with Crippen molar-refractivity contribution in [2.24, 2.45) is 0 Å². The van der Waals surface area contributed by atoms with Crippen LogP contribution in [-0.2, 0) is 21.2 Å². The summed E-state index contributed by atoms with van der Waals surface area (Å²) in [5, 5.41) is 4.62. The maximum Gasteiger partial charge on any atom is 0.250 e. The number of carbonyl (C=O) groups excluding carboxylic acids is 1. The van der Waals surface area contributed by atoms with Gasteiger partial charge in [-0.1, -0.05) is 48.0 Å². The molecule has 2 aromatic rings. The lowest BCUT2D eigenvalue weighted by molar-refractivity contribution is -0.122. The van der Waals surface area contributed by atoms with Gasteiger partial charge in [-0.2, -0.15) is 4.72 Å². The van der Waals surface area contributed by atoms with Crippen molar-refractivity contribution in [2.45, 2.75) is 48.8 Å². The lowest BCUT2D eigenvalue weighted by Gasteiger charge is -2.19. The number of nitrogens with one attached hydrogen (secondary N) is 2. The molecule has 1 aromatic heterocycles. The first-order valence-corrected chi connectivity index (χ1v) is 12.0. The van der Waals surface area contributed by atoms with Gasteiger partial charge in [0, 0.05) is 6.54 Å². The standard InChI is InChI=1S/C21H26N2O3S2/c24-21(22-14-13-17-8-3-1-4-9-17)19(16-18-10-5-2-6-11-18)23-28(25,26)20-12-7-15-27-20/h2,5-8,10-12,15,19,23H,1,3-4,9,13-14,16H2,(H,22,24). The zero-order valence-corrected chi connectivity index (χ0v) is 17.4. The molecular weight excluding hydrogens is 392 g/mol. The molecule has 7 heteroatoms. The largest absolute Gasteiger partial charge is 0.354 e. The maximum atomic E-state index is 12.8. The van der Waals surface area contributed by atoms with Crippen LogP contribution in [0.25, 0.3) is 0 Å². The molecule has 28 heavy (non-hydrogen) atoms. The minimum absolute atomic E-state index is 0.214. The number of benzene rings is 1. The highest BCUT2D eigenvalue weighted by Crippen LogP contribution is 2.20. The van der Waals surface area contributed by atoms with Gasteiger partial charge in [-0.25, -0.2) is 8.42 Å². The molecule has 1 unspecified atom stereocenters. The molecule has 0 saturated heterocycles. The van der Waals surface area contributed by atoms with E-state index in [9.17, 15) is 13.2 Å². The molecule has 2 N–H and O–H groups in total. The van der Waals surface area contributed by atoms with Crippen LogP contribution >= 0.6 is 11.3 Å². The minimum atomic E-state index is -3.73. The number of allylic oxidation sites excluding steroid dienone is 1. The highest BCUT2D eigenvalue weighted by molar-refractivity contribution is 7.91. The van der Waals surface area contributed by atoms with Gasteiger partial charge in [0.1, 0.15) is 10.3 Å². The number of sulfonamides is 1. The lowest BCUT2D eigenvalue weighted by Crippen LogP contribution is -2.48. The second kappa shape index (κ2) is 10.0. The van der Waals surface area contributed by atoms with E-state index in [2.05, 4.69) is 16.1 Å². The Bertz CT molecular complexity index is 891. The first-order valence-electron chi connectivity index (χ1n) is 9.60. The Morgan fingerprint density at radius 3 is 2.61 bits per heavy atom. The second-order valence-corrected chi connectivity index (χ2v) is 9.83. The van der Waals surface area contributed by atoms with Crippen LogP contribution in [0.2, 0.25) is 0 Å². The van der Waals surface area contributed by atoms with Crippen molar-refractivity contribution in [1.82, 2.24) is 10.0 Å². The van der Waals surface area contributed by atoms with Crippen LogP contribution in [0.5, 0.6) is 0 Å². The van der Waals surface area contributed by atoms with E-state index in [4.69, 9.17) is 0 Å². The van der Waals surface area contributed by atoms with Crippen molar-refractivity contribution in [3.05, 3.63) is 65.1 Å². The van der Waals surface area contributed by atoms with Crippen LogP contribution < -0.4 is 10.0 Å². The summed E-state index contributed by atoms with van der Waals surface area (Å²) in [6.07, 6.45) is 8.03. The molecule has 5 nitrogen and oxygen atoms in total. The van der Waals surface area contributed by atoms with E-state index < -0.39 is 16.1 Å². The number of amides is 1. The number of hydrogen-bond acceptors (Lipinski definition) is 4. The summed E-state index contributed by atoms with van der Waals surface area (Å²) < 4.78 is 28.1. The second-order valence-electron chi connectivity index (χ2n) is 6.94. The Hall–Kier alpha value is -1.96. The van der Waals surface area contributed by atoms with Crippen LogP contribution in [-0.4, -0.2) is 26.9 Å². The third-order valence-electron chi connectivity index (χ3n) is 4.79. The fourth-order valence-corrected chi connectivity index (χ4v) is 5.51. The van der Waals surface area contributed by atoms with Gasteiger partial charge in [0.15, 0.2) is 0 Å². The monoisotopic (exact) mass is 418 g/mol. The number of hydrogen-bond donors (Lipinski definition) is 2. The molecule has 0 bridgehead atoms. The smallest absolute Gasteiger partial charge is 0.250 e. The molecule has 3 rings (SSSR count). The third-order valence-corrected chi connectivity index (χ3v) is 7.66. The highest BCUT2D eigenvalue weighted by atomic mass is 32.2. The summed E-state index contributed by atoms with van der Waals surface area (Å²) in [5.74, 6) is -0.291. The molecule has 1 aromatic carbocycles. The molecule has 1 atom stereocenters. The molecule has 0 fully saturated rings. The molecule has 1 heterocycles. The molecule has 1 amide bonds. The Balaban J connectivity index is 1.66. The molecule has 0 saturated carbocycles. The predicted molar refractivity (Wildman–Crippen MR) is 113 cm³/mol. The molecule has 0 spiro atoms. The fourth-order valence-electron chi connectivity index (χ4n) is 3.30. The van der Waals surface area contributed by atoms with E-state index in [1.807, 2.05) is 30.3 Å². The van der Waals surface area contributed by atoms with E-state index in [1.54, 1.807) is 17.5 Å². The number of carbonyl (C=O) groups is 1. The quantitative estimate of drug-likeness (QED) is 0.611. The van der Waals surface area contributed by atoms with Gasteiger partial charge in [0.2, 0.25) is 5.91 Å². The van der Waals surface area contributed by atoms with Crippen LogP contribution in [0.1, 0.15) is 37.7 Å². The average molecular weight is 419 g/mol. The van der Waals surface area contributed by atoms with Crippen molar-refractivity contribution in [3.63, 3.8) is 0 Å². The van der Waals surface area contributed by atoms with Crippen molar-refractivity contribution in [3.8, 4) is 0 Å². The van der Waals surface area contributed by atoms with Crippen LogP contribution in [0.3, 0.4) is 0 Å². The minimum Gasteiger partial charge on any atom is -0.354 e. The summed E-state index contributed by atoms with van der Waals surface area (Å²) in [6, 6.07) is 11.8. The fraction of sp³-hybridized carbons (Fsp3) is 0.381. The first-order chi connectivity index (χ1) is 13.5. The third kappa shape index (κ3) is 6.02. The Labute approximate surface area is 170 Å². The average Bonchev–Trinajstić information content (AvgIpc) is 3.25. The Kier molecular flexibility index (Phi) is 7.42. The van der Waals surface area contributed by atoms with E-state index in [1.165, 1.54) is 18.4 Å². The summed E-state index contributed by atoms with van der Waals surface area (Å²) >= 11 is 1.14. The van der Waals surface area contributed by atoms with Gasteiger partial charge in [0.25, 0.3) is 10.0 Å². The van der Waals surface area contributed by atoms with Crippen molar-refractivity contribution in [1.29, 1.82) is 0 Å². The Morgan fingerprint density at radius 1 is 1.11 bits per heavy atom. The molecule has 0 aliphatic heterocycles. The van der Waals surface area contributed by atoms with Crippen LogP contribution in [0, 0.1) is 0 Å². The van der Waals surface area contributed by atoms with Crippen molar-refractivity contribution >= 4 is 27.3 Å². The van der Waals surface area contributed by atoms with Crippen molar-refractivity contribution < 1.29 is 13.2 Å². The van der Waals surface area contributed by atoms with Gasteiger partial charge < -0.3 is 5.32 Å². The van der Waals surface area contributed by atoms with Crippen molar-refractivity contribution in [2.75, 3.05) is 6.54 Å². The number of thiophene rings is 1. The highest BCUT2D eigenvalue weighted by Gasteiger charge is 2.26. The summed E-state index contributed by atoms with van der Waals surface area (Å²) in [7, 11) is -3.73. The SMILES string of the molecule is O=C(NCCC1=CCCCC1)C(Cc1ccccc1)NS(=O)(=O)c1cccs1. The summed E-state index contributed by atoms with van der Waals surface area (Å²) in [6.45, 7) is 0.524. The van der Waals surface area contributed by atoms with Gasteiger partial charge in [-0.15, -0.1) is 11.3 Å². The first kappa shape index (κ1) is 20.8. The van der Waals surface area contributed by atoms with Gasteiger partial charge >= 0.3 is 0 Å². The zero-order chi connectivity index (χ0) is 19.8. The van der Waals surface area contributed by atoms with Gasteiger partial charge in [0.05, 0.1) is 0 Å². The van der Waals surface area contributed by atoms with E-state index in [0.29, 0.717) is 13.0 Å². The molecule has 1 aliphatic carbocycles. The van der Waals surface area contributed by atoms with Gasteiger partial charge in [-0.3, -0.25) is 4.79 Å². The summed E-state index contributed by atoms with van der Waals surface area (Å²) in [4.78, 5) is 12.8.